The van der Waals surface area contributed by atoms with E-state index in [2.05, 4.69) is 46.2 Å². The standard InChI is InChI=1S/C23H26N2O/c1-24(2)21-11-7-5-9-17(21)15-19-13-14-20(23(19)26)16-18-10-6-8-12-22(18)25(3)4/h5-12,15-16H,13-14H2,1-4H3. The van der Waals surface area contributed by atoms with Crippen LogP contribution in [0, 0.1) is 0 Å². The second-order valence-corrected chi connectivity index (χ2v) is 7.07. The largest absolute Gasteiger partial charge is 0.377 e. The number of hydrogen-bond acceptors (Lipinski definition) is 3. The topological polar surface area (TPSA) is 23.6 Å². The number of para-hydroxylation sites is 2. The Hall–Kier alpha value is -2.81. The van der Waals surface area contributed by atoms with Crippen molar-refractivity contribution in [2.45, 2.75) is 12.8 Å². The van der Waals surface area contributed by atoms with Crippen molar-refractivity contribution in [3.05, 3.63) is 70.8 Å². The van der Waals surface area contributed by atoms with Crippen LogP contribution in [-0.4, -0.2) is 34.0 Å². The molecule has 0 unspecified atom stereocenters. The maximum absolute atomic E-state index is 12.9. The summed E-state index contributed by atoms with van der Waals surface area (Å²) >= 11 is 0. The van der Waals surface area contributed by atoms with E-state index in [1.807, 2.05) is 52.5 Å². The van der Waals surface area contributed by atoms with Gasteiger partial charge in [0.25, 0.3) is 0 Å². The van der Waals surface area contributed by atoms with E-state index < -0.39 is 0 Å². The van der Waals surface area contributed by atoms with Crippen LogP contribution in [0.15, 0.2) is 59.7 Å². The predicted octanol–water partition coefficient (Wildman–Crippen LogP) is 4.65. The van der Waals surface area contributed by atoms with Crippen LogP contribution in [0.5, 0.6) is 0 Å². The molecule has 0 atom stereocenters. The zero-order chi connectivity index (χ0) is 18.7. The fourth-order valence-electron chi connectivity index (χ4n) is 3.39. The Bertz CT molecular complexity index is 804. The molecule has 1 aliphatic carbocycles. The van der Waals surface area contributed by atoms with E-state index in [1.54, 1.807) is 0 Å². The van der Waals surface area contributed by atoms with Gasteiger partial charge in [-0.05, 0) is 48.3 Å². The summed E-state index contributed by atoms with van der Waals surface area (Å²) in [5.41, 5.74) is 6.23. The zero-order valence-corrected chi connectivity index (χ0v) is 16.0. The first-order valence-corrected chi connectivity index (χ1v) is 8.96. The molecule has 1 aliphatic rings. The highest BCUT2D eigenvalue weighted by Gasteiger charge is 2.23. The van der Waals surface area contributed by atoms with Crippen molar-refractivity contribution in [2.24, 2.45) is 0 Å². The quantitative estimate of drug-likeness (QED) is 0.753. The molecule has 0 aliphatic heterocycles. The fourth-order valence-corrected chi connectivity index (χ4v) is 3.39. The van der Waals surface area contributed by atoms with Gasteiger partial charge in [0.1, 0.15) is 0 Å². The average Bonchev–Trinajstić information content (AvgIpc) is 2.96. The number of allylic oxidation sites excluding steroid dienone is 2. The minimum Gasteiger partial charge on any atom is -0.377 e. The third-order valence-corrected chi connectivity index (χ3v) is 4.74. The summed E-state index contributed by atoms with van der Waals surface area (Å²) in [5, 5.41) is 0. The van der Waals surface area contributed by atoms with Crippen molar-refractivity contribution in [2.75, 3.05) is 38.0 Å². The van der Waals surface area contributed by atoms with Crippen LogP contribution < -0.4 is 9.80 Å². The molecule has 2 aromatic rings. The Kier molecular flexibility index (Phi) is 5.27. The summed E-state index contributed by atoms with van der Waals surface area (Å²) in [6.07, 6.45) is 5.71. The second kappa shape index (κ2) is 7.61. The molecule has 1 fully saturated rings. The van der Waals surface area contributed by atoms with E-state index >= 15 is 0 Å². The maximum Gasteiger partial charge on any atom is 0.185 e. The first-order valence-electron chi connectivity index (χ1n) is 8.96. The lowest BCUT2D eigenvalue weighted by Gasteiger charge is -2.16. The van der Waals surface area contributed by atoms with E-state index in [4.69, 9.17) is 0 Å². The van der Waals surface area contributed by atoms with Crippen LogP contribution in [0.25, 0.3) is 12.2 Å². The number of rotatable bonds is 4. The number of hydrogen-bond donors (Lipinski definition) is 0. The highest BCUT2D eigenvalue weighted by molar-refractivity contribution is 6.16. The molecule has 0 spiro atoms. The predicted molar refractivity (Wildman–Crippen MR) is 112 cm³/mol. The van der Waals surface area contributed by atoms with Gasteiger partial charge in [0.05, 0.1) is 0 Å². The van der Waals surface area contributed by atoms with E-state index in [9.17, 15) is 4.79 Å². The lowest BCUT2D eigenvalue weighted by Crippen LogP contribution is -2.10. The van der Waals surface area contributed by atoms with Gasteiger partial charge in [-0.15, -0.1) is 0 Å². The molecular formula is C23H26N2O. The highest BCUT2D eigenvalue weighted by atomic mass is 16.1. The third kappa shape index (κ3) is 3.72. The molecule has 3 heteroatoms. The lowest BCUT2D eigenvalue weighted by molar-refractivity contribution is -0.111. The van der Waals surface area contributed by atoms with Crippen LogP contribution in [-0.2, 0) is 4.79 Å². The molecule has 0 heterocycles. The van der Waals surface area contributed by atoms with Gasteiger partial charge in [0, 0.05) is 50.7 Å². The van der Waals surface area contributed by atoms with Gasteiger partial charge >= 0.3 is 0 Å². The molecule has 0 bridgehead atoms. The zero-order valence-electron chi connectivity index (χ0n) is 16.0. The Morgan fingerprint density at radius 1 is 0.692 bits per heavy atom. The minimum atomic E-state index is 0.173. The van der Waals surface area contributed by atoms with Crippen LogP contribution in [0.1, 0.15) is 24.0 Å². The second-order valence-electron chi connectivity index (χ2n) is 7.07. The molecule has 2 aromatic carbocycles. The first-order chi connectivity index (χ1) is 12.5. The lowest BCUT2D eigenvalue weighted by atomic mass is 10.0. The van der Waals surface area contributed by atoms with Crippen molar-refractivity contribution in [3.8, 4) is 0 Å². The van der Waals surface area contributed by atoms with Crippen molar-refractivity contribution in [1.82, 2.24) is 0 Å². The molecule has 0 N–H and O–H groups in total. The van der Waals surface area contributed by atoms with Gasteiger partial charge in [0.2, 0.25) is 0 Å². The first kappa shape index (κ1) is 18.0. The summed E-state index contributed by atoms with van der Waals surface area (Å²) in [6, 6.07) is 16.4. The van der Waals surface area contributed by atoms with Gasteiger partial charge in [-0.2, -0.15) is 0 Å². The van der Waals surface area contributed by atoms with Crippen molar-refractivity contribution in [1.29, 1.82) is 0 Å². The van der Waals surface area contributed by atoms with E-state index in [0.29, 0.717) is 0 Å². The molecule has 26 heavy (non-hydrogen) atoms. The van der Waals surface area contributed by atoms with Crippen molar-refractivity contribution in [3.63, 3.8) is 0 Å². The maximum atomic E-state index is 12.9. The normalized spacial score (nSPS) is 17.2. The van der Waals surface area contributed by atoms with E-state index in [0.717, 1.165) is 46.5 Å². The number of carbonyl (C=O) groups excluding carboxylic acids is 1. The number of nitrogens with zero attached hydrogens (tertiary/aromatic N) is 2. The van der Waals surface area contributed by atoms with Crippen molar-refractivity contribution >= 4 is 29.3 Å². The van der Waals surface area contributed by atoms with Gasteiger partial charge in [-0.1, -0.05) is 36.4 Å². The van der Waals surface area contributed by atoms with Crippen LogP contribution in [0.3, 0.4) is 0 Å². The third-order valence-electron chi connectivity index (χ3n) is 4.74. The molecule has 3 rings (SSSR count). The fraction of sp³-hybridized carbons (Fsp3) is 0.261. The Morgan fingerprint density at radius 2 is 1.08 bits per heavy atom. The summed E-state index contributed by atoms with van der Waals surface area (Å²) in [4.78, 5) is 17.1. The number of Topliss-reactive ketones (excluding diaryl/α,β-unsaturated/α-hetero) is 1. The molecule has 0 aromatic heterocycles. The summed E-state index contributed by atoms with van der Waals surface area (Å²) in [6.45, 7) is 0. The monoisotopic (exact) mass is 346 g/mol. The number of anilines is 2. The molecule has 0 radical (unpaired) electrons. The number of carbonyl (C=O) groups is 1. The number of ketones is 1. The Labute approximate surface area is 156 Å². The van der Waals surface area contributed by atoms with Crippen LogP contribution in [0.2, 0.25) is 0 Å². The smallest absolute Gasteiger partial charge is 0.185 e. The van der Waals surface area contributed by atoms with Crippen LogP contribution in [0.4, 0.5) is 11.4 Å². The Balaban J connectivity index is 1.92. The van der Waals surface area contributed by atoms with E-state index in [1.165, 1.54) is 0 Å². The van der Waals surface area contributed by atoms with Gasteiger partial charge in [-0.25, -0.2) is 0 Å². The van der Waals surface area contributed by atoms with Gasteiger partial charge in [0.15, 0.2) is 5.78 Å². The number of benzene rings is 2. The Morgan fingerprint density at radius 3 is 1.46 bits per heavy atom. The molecular weight excluding hydrogens is 320 g/mol. The highest BCUT2D eigenvalue weighted by Crippen LogP contribution is 2.32. The summed E-state index contributed by atoms with van der Waals surface area (Å²) < 4.78 is 0. The molecule has 134 valence electrons. The van der Waals surface area contributed by atoms with Crippen molar-refractivity contribution < 1.29 is 4.79 Å². The minimum absolute atomic E-state index is 0.173. The molecule has 3 nitrogen and oxygen atoms in total. The molecule has 0 saturated heterocycles. The molecule has 1 saturated carbocycles. The average molecular weight is 346 g/mol. The van der Waals surface area contributed by atoms with Gasteiger partial charge < -0.3 is 9.80 Å². The summed E-state index contributed by atoms with van der Waals surface area (Å²) in [5.74, 6) is 0.173. The van der Waals surface area contributed by atoms with E-state index in [-0.39, 0.29) is 5.78 Å². The summed E-state index contributed by atoms with van der Waals surface area (Å²) in [7, 11) is 8.10. The SMILES string of the molecule is CN(C)c1ccccc1C=C1CCC(=Cc2ccccc2N(C)C)C1=O. The van der Waals surface area contributed by atoms with Gasteiger partial charge in [-0.3, -0.25) is 4.79 Å². The van der Waals surface area contributed by atoms with Crippen LogP contribution >= 0.6 is 0 Å². The molecule has 0 amide bonds.